The Morgan fingerprint density at radius 3 is 2.22 bits per heavy atom. The van der Waals surface area contributed by atoms with Gasteiger partial charge in [0.2, 0.25) is 0 Å². The molecule has 10 nitrogen and oxygen atoms in total. The fraction of sp³-hybridized carbons (Fsp3) is 0.448. The number of likely N-dealkylation sites (tertiary alicyclic amines) is 1. The number of benzene rings is 1. The first-order valence-electron chi connectivity index (χ1n) is 14.2. The van der Waals surface area contributed by atoms with E-state index < -0.39 is 24.3 Å². The minimum Gasteiger partial charge on any atom is -0.542 e. The molecular formula is C29H31F6N5O5. The van der Waals surface area contributed by atoms with Crippen LogP contribution in [0.2, 0.25) is 0 Å². The van der Waals surface area contributed by atoms with Crippen LogP contribution in [0, 0.1) is 5.41 Å². The number of nitrogens with one attached hydrogen (secondary N) is 2. The quantitative estimate of drug-likeness (QED) is 0.313. The standard InChI is InChI=1S/C25H29N5O.2C2HF3O2/c31-24-21-3-1-4-22-28-23(20(30(21)22)9-13-27-24)19-7-5-18(6-8-19)15-29-14-11-25(17-29)10-2-12-26-16-25;2*3-2(4,5)1(6)7/h1,3-8,26H,2,9-17H2,(H,27,31);2*(H,6,7). The van der Waals surface area contributed by atoms with Gasteiger partial charge in [-0.25, -0.2) is 4.98 Å². The number of nitrogens with two attached hydrogens (primary N) is 1. The third kappa shape index (κ3) is 8.30. The third-order valence-electron chi connectivity index (χ3n) is 8.09. The molecule has 244 valence electrons. The van der Waals surface area contributed by atoms with Crippen LogP contribution in [0.25, 0.3) is 16.9 Å². The predicted molar refractivity (Wildman–Crippen MR) is 141 cm³/mol. The Kier molecular flexibility index (Phi) is 10.1. The minimum atomic E-state index is -5.19. The molecule has 3 aliphatic rings. The molecular weight excluding hydrogens is 612 g/mol. The molecule has 2 aromatic heterocycles. The van der Waals surface area contributed by atoms with Crippen LogP contribution in [-0.4, -0.2) is 72.3 Å². The summed E-state index contributed by atoms with van der Waals surface area (Å²) in [5.74, 6) is -6.04. The molecule has 0 radical (unpaired) electrons. The lowest BCUT2D eigenvalue weighted by Crippen LogP contribution is -3.09. The largest absolute Gasteiger partial charge is 0.542 e. The maximum Gasteiger partial charge on any atom is 0.430 e. The van der Waals surface area contributed by atoms with Gasteiger partial charge in [0.25, 0.3) is 5.91 Å². The SMILES string of the molecule is O=C([O-])C(F)(F)F.O=C([O-])C(F)(F)F.O=C1NCCc2c(-c3ccc(C[NH+]4CCC5(CCC[NH2+]C5)C4)cc3)nc3cccc1n23. The zero-order valence-corrected chi connectivity index (χ0v) is 23.9. The smallest absolute Gasteiger partial charge is 0.430 e. The van der Waals surface area contributed by atoms with Crippen LogP contribution in [0.5, 0.6) is 0 Å². The van der Waals surface area contributed by atoms with Crippen LogP contribution in [0.15, 0.2) is 42.5 Å². The van der Waals surface area contributed by atoms with Gasteiger partial charge >= 0.3 is 12.4 Å². The van der Waals surface area contributed by atoms with Gasteiger partial charge in [-0.15, -0.1) is 0 Å². The highest BCUT2D eigenvalue weighted by atomic mass is 19.4. The van der Waals surface area contributed by atoms with Crippen molar-refractivity contribution in [1.82, 2.24) is 14.7 Å². The first-order valence-corrected chi connectivity index (χ1v) is 14.2. The average Bonchev–Trinajstić information content (AvgIpc) is 3.48. The Labute approximate surface area is 253 Å². The highest BCUT2D eigenvalue weighted by molar-refractivity contribution is 5.94. The van der Waals surface area contributed by atoms with Gasteiger partial charge in [0, 0.05) is 30.5 Å². The molecule has 3 aromatic rings. The van der Waals surface area contributed by atoms with Gasteiger partial charge < -0.3 is 35.3 Å². The molecule has 2 unspecified atom stereocenters. The normalized spacial score (nSPS) is 21.2. The van der Waals surface area contributed by atoms with E-state index in [0.717, 1.165) is 35.6 Å². The number of carbonyl (C=O) groups is 3. The number of halogens is 6. The Morgan fingerprint density at radius 2 is 1.64 bits per heavy atom. The lowest BCUT2D eigenvalue weighted by Gasteiger charge is -2.29. The third-order valence-corrected chi connectivity index (χ3v) is 8.09. The molecule has 1 spiro atoms. The number of hydrogen-bond acceptors (Lipinski definition) is 6. The van der Waals surface area contributed by atoms with E-state index in [1.54, 1.807) is 4.90 Å². The molecule has 1 amide bonds. The van der Waals surface area contributed by atoms with E-state index in [2.05, 4.69) is 34.9 Å². The fourth-order valence-corrected chi connectivity index (χ4v) is 6.07. The Bertz CT molecular complexity index is 1510. The monoisotopic (exact) mass is 643 g/mol. The van der Waals surface area contributed by atoms with Gasteiger partial charge in [-0.1, -0.05) is 30.3 Å². The number of nitrogens with zero attached hydrogens (tertiary/aromatic N) is 2. The number of piperidine rings is 1. The fourth-order valence-electron chi connectivity index (χ4n) is 6.07. The van der Waals surface area contributed by atoms with E-state index in [1.165, 1.54) is 51.0 Å². The molecule has 45 heavy (non-hydrogen) atoms. The van der Waals surface area contributed by atoms with Crippen molar-refractivity contribution in [3.8, 4) is 11.3 Å². The van der Waals surface area contributed by atoms with Crippen molar-refractivity contribution < 1.29 is 61.2 Å². The predicted octanol–water partition coefficient (Wildman–Crippen LogP) is -0.983. The molecule has 2 fully saturated rings. The topological polar surface area (TPSA) is 148 Å². The maximum atomic E-state index is 12.4. The van der Waals surface area contributed by atoms with Gasteiger partial charge in [0.05, 0.1) is 43.0 Å². The number of carbonyl (C=O) groups excluding carboxylic acids is 3. The summed E-state index contributed by atoms with van der Waals surface area (Å²) in [6.45, 7) is 7.02. The van der Waals surface area contributed by atoms with E-state index in [-0.39, 0.29) is 5.91 Å². The highest BCUT2D eigenvalue weighted by Gasteiger charge is 2.44. The summed E-state index contributed by atoms with van der Waals surface area (Å²) in [5.41, 5.74) is 6.78. The number of carboxylic acid groups (broad SMARTS) is 2. The summed E-state index contributed by atoms with van der Waals surface area (Å²) >= 11 is 0. The second-order valence-corrected chi connectivity index (χ2v) is 11.3. The minimum absolute atomic E-state index is 0.0226. The number of quaternary nitrogens is 2. The number of pyridine rings is 1. The maximum absolute atomic E-state index is 12.4. The van der Waals surface area contributed by atoms with E-state index in [9.17, 15) is 31.1 Å². The Morgan fingerprint density at radius 1 is 1.00 bits per heavy atom. The second kappa shape index (κ2) is 13.4. The number of amides is 1. The first kappa shape index (κ1) is 33.7. The number of aromatic nitrogens is 2. The lowest BCUT2D eigenvalue weighted by atomic mass is 9.80. The van der Waals surface area contributed by atoms with E-state index in [1.807, 2.05) is 22.6 Å². The van der Waals surface area contributed by atoms with Crippen LogP contribution in [0.1, 0.15) is 41.0 Å². The number of carboxylic acids is 2. The van der Waals surface area contributed by atoms with Crippen LogP contribution in [-0.2, 0) is 22.6 Å². The lowest BCUT2D eigenvalue weighted by molar-refractivity contribution is -0.906. The van der Waals surface area contributed by atoms with Crippen LogP contribution < -0.4 is 25.7 Å². The highest BCUT2D eigenvalue weighted by Crippen LogP contribution is 2.30. The molecule has 2 atom stereocenters. The summed E-state index contributed by atoms with van der Waals surface area (Å²) in [7, 11) is 0. The van der Waals surface area contributed by atoms with Crippen molar-refractivity contribution >= 4 is 23.5 Å². The Hall–Kier alpha value is -4.18. The molecule has 4 N–H and O–H groups in total. The van der Waals surface area contributed by atoms with Crippen molar-refractivity contribution in [3.63, 3.8) is 0 Å². The number of alkyl halides is 6. The summed E-state index contributed by atoms with van der Waals surface area (Å²) in [4.78, 5) is 36.6. The van der Waals surface area contributed by atoms with E-state index in [4.69, 9.17) is 24.8 Å². The van der Waals surface area contributed by atoms with Crippen molar-refractivity contribution in [2.75, 3.05) is 32.7 Å². The summed E-state index contributed by atoms with van der Waals surface area (Å²) in [5, 5.41) is 23.1. The molecule has 0 saturated carbocycles. The summed E-state index contributed by atoms with van der Waals surface area (Å²) in [6.07, 6.45) is -5.41. The second-order valence-electron chi connectivity index (χ2n) is 11.3. The van der Waals surface area contributed by atoms with Crippen LogP contribution >= 0.6 is 0 Å². The summed E-state index contributed by atoms with van der Waals surface area (Å²) < 4.78 is 65.1. The number of rotatable bonds is 3. The van der Waals surface area contributed by atoms with Crippen LogP contribution in [0.3, 0.4) is 0 Å². The van der Waals surface area contributed by atoms with Crippen molar-refractivity contribution in [3.05, 3.63) is 59.4 Å². The van der Waals surface area contributed by atoms with Gasteiger partial charge in [0.1, 0.15) is 29.8 Å². The zero-order valence-electron chi connectivity index (χ0n) is 23.9. The van der Waals surface area contributed by atoms with Crippen molar-refractivity contribution in [2.45, 2.75) is 44.6 Å². The molecule has 1 aromatic carbocycles. The zero-order chi connectivity index (χ0) is 33.0. The molecule has 6 rings (SSSR count). The molecule has 16 heteroatoms. The molecule has 0 aliphatic carbocycles. The number of imidazole rings is 1. The summed E-state index contributed by atoms with van der Waals surface area (Å²) in [6, 6.07) is 14.8. The number of aliphatic carboxylic acids is 2. The van der Waals surface area contributed by atoms with Gasteiger partial charge in [-0.2, -0.15) is 26.3 Å². The first-order chi connectivity index (χ1) is 21.1. The van der Waals surface area contributed by atoms with Gasteiger partial charge in [-0.05, 0) is 25.0 Å². The van der Waals surface area contributed by atoms with E-state index >= 15 is 0 Å². The van der Waals surface area contributed by atoms with Crippen molar-refractivity contribution in [1.29, 1.82) is 0 Å². The van der Waals surface area contributed by atoms with Crippen molar-refractivity contribution in [2.24, 2.45) is 5.41 Å². The Balaban J connectivity index is 0.000000277. The molecule has 3 aliphatic heterocycles. The number of hydrogen-bond donors (Lipinski definition) is 3. The molecule has 0 bridgehead atoms. The van der Waals surface area contributed by atoms with Gasteiger partial charge in [-0.3, -0.25) is 9.20 Å². The van der Waals surface area contributed by atoms with Gasteiger partial charge in [0.15, 0.2) is 0 Å². The van der Waals surface area contributed by atoms with Crippen LogP contribution in [0.4, 0.5) is 26.3 Å². The van der Waals surface area contributed by atoms with E-state index in [0.29, 0.717) is 17.7 Å². The molecule has 5 heterocycles. The molecule has 2 saturated heterocycles. The average molecular weight is 644 g/mol.